The number of rotatable bonds is 8. The molecule has 1 fully saturated rings. The molecule has 2 aliphatic rings. The Morgan fingerprint density at radius 1 is 1.15 bits per heavy atom. The maximum atomic E-state index is 13.7. The average Bonchev–Trinajstić information content (AvgIpc) is 3.62. The standard InChI is InChI=1S/C27H26FN3O3/c1-2-30(16-19-11-13-29-14-12-19)25(32)17-31-24-6-4-3-5-22(24)23-15-27(23,26(31)33)18-34-21-9-7-20(28)8-10-21/h3-14,23H,2,15-18H2,1H3/t23-,27+/m0/s1. The molecule has 0 unspecified atom stereocenters. The van der Waals surface area contributed by atoms with Gasteiger partial charge in [0.05, 0.1) is 5.41 Å². The summed E-state index contributed by atoms with van der Waals surface area (Å²) in [5.74, 6) is 0.0320. The lowest BCUT2D eigenvalue weighted by Crippen LogP contribution is -2.49. The predicted molar refractivity (Wildman–Crippen MR) is 126 cm³/mol. The van der Waals surface area contributed by atoms with Crippen molar-refractivity contribution < 1.29 is 18.7 Å². The molecule has 1 aliphatic heterocycles. The number of amides is 2. The minimum atomic E-state index is -0.703. The number of carbonyl (C=O) groups excluding carboxylic acids is 2. The molecule has 174 valence electrons. The molecule has 2 amide bonds. The second-order valence-electron chi connectivity index (χ2n) is 8.87. The smallest absolute Gasteiger partial charge is 0.242 e. The molecular formula is C27H26FN3O3. The van der Waals surface area contributed by atoms with Crippen molar-refractivity contribution in [3.63, 3.8) is 0 Å². The first-order chi connectivity index (χ1) is 16.5. The third kappa shape index (κ3) is 4.02. The number of anilines is 1. The zero-order chi connectivity index (χ0) is 23.7. The fourth-order valence-electron chi connectivity index (χ4n) is 4.80. The highest BCUT2D eigenvalue weighted by Gasteiger charge is 2.66. The van der Waals surface area contributed by atoms with Crippen molar-refractivity contribution in [1.82, 2.24) is 9.88 Å². The molecule has 5 rings (SSSR count). The maximum absolute atomic E-state index is 13.7. The fourth-order valence-corrected chi connectivity index (χ4v) is 4.80. The van der Waals surface area contributed by atoms with Gasteiger partial charge in [-0.3, -0.25) is 14.6 Å². The summed E-state index contributed by atoms with van der Waals surface area (Å²) in [6.07, 6.45) is 4.08. The first-order valence-corrected chi connectivity index (χ1v) is 11.5. The molecule has 2 atom stereocenters. The van der Waals surface area contributed by atoms with Crippen LogP contribution in [0.2, 0.25) is 0 Å². The van der Waals surface area contributed by atoms with Crippen molar-refractivity contribution in [3.05, 3.63) is 90.0 Å². The van der Waals surface area contributed by atoms with E-state index in [4.69, 9.17) is 4.74 Å². The largest absolute Gasteiger partial charge is 0.492 e. The zero-order valence-electron chi connectivity index (χ0n) is 19.0. The van der Waals surface area contributed by atoms with E-state index in [1.54, 1.807) is 34.3 Å². The summed E-state index contributed by atoms with van der Waals surface area (Å²) in [5, 5.41) is 0. The van der Waals surface area contributed by atoms with Gasteiger partial charge in [0.15, 0.2) is 0 Å². The number of hydrogen-bond donors (Lipinski definition) is 0. The van der Waals surface area contributed by atoms with Gasteiger partial charge in [-0.25, -0.2) is 4.39 Å². The molecule has 0 radical (unpaired) electrons. The number of aromatic nitrogens is 1. The van der Waals surface area contributed by atoms with Crippen LogP contribution in [0.4, 0.5) is 10.1 Å². The van der Waals surface area contributed by atoms with Crippen LogP contribution in [-0.4, -0.2) is 41.4 Å². The average molecular weight is 460 g/mol. The van der Waals surface area contributed by atoms with Crippen molar-refractivity contribution in [1.29, 1.82) is 0 Å². The van der Waals surface area contributed by atoms with Gasteiger partial charge in [0.2, 0.25) is 11.8 Å². The van der Waals surface area contributed by atoms with Crippen LogP contribution < -0.4 is 9.64 Å². The minimum absolute atomic E-state index is 0.0280. The van der Waals surface area contributed by atoms with Crippen LogP contribution in [0.5, 0.6) is 5.75 Å². The van der Waals surface area contributed by atoms with Gasteiger partial charge in [0.1, 0.15) is 24.7 Å². The van der Waals surface area contributed by atoms with Crippen LogP contribution in [0.3, 0.4) is 0 Å². The molecule has 2 aromatic carbocycles. The molecule has 0 saturated heterocycles. The molecular weight excluding hydrogens is 433 g/mol. The van der Waals surface area contributed by atoms with Crippen LogP contribution >= 0.6 is 0 Å². The summed E-state index contributed by atoms with van der Waals surface area (Å²) < 4.78 is 19.2. The van der Waals surface area contributed by atoms with Gasteiger partial charge >= 0.3 is 0 Å². The van der Waals surface area contributed by atoms with Crippen molar-refractivity contribution in [3.8, 4) is 5.75 Å². The number of pyridine rings is 1. The molecule has 3 aromatic rings. The van der Waals surface area contributed by atoms with Crippen LogP contribution in [0.1, 0.15) is 30.4 Å². The van der Waals surface area contributed by atoms with E-state index in [9.17, 15) is 14.0 Å². The number of ether oxygens (including phenoxy) is 1. The second kappa shape index (κ2) is 8.89. The summed E-state index contributed by atoms with van der Waals surface area (Å²) in [7, 11) is 0. The van der Waals surface area contributed by atoms with Crippen LogP contribution in [-0.2, 0) is 16.1 Å². The minimum Gasteiger partial charge on any atom is -0.492 e. The van der Waals surface area contributed by atoms with Crippen molar-refractivity contribution in [2.24, 2.45) is 5.41 Å². The Bertz CT molecular complexity index is 1200. The first-order valence-electron chi connectivity index (χ1n) is 11.5. The molecule has 2 heterocycles. The summed E-state index contributed by atoms with van der Waals surface area (Å²) in [4.78, 5) is 34.4. The highest BCUT2D eigenvalue weighted by atomic mass is 19.1. The van der Waals surface area contributed by atoms with Gasteiger partial charge in [-0.1, -0.05) is 18.2 Å². The van der Waals surface area contributed by atoms with E-state index in [0.717, 1.165) is 16.8 Å². The van der Waals surface area contributed by atoms with Crippen molar-refractivity contribution in [2.75, 3.05) is 24.6 Å². The van der Waals surface area contributed by atoms with Gasteiger partial charge in [-0.15, -0.1) is 0 Å². The number of likely N-dealkylation sites (N-methyl/N-ethyl adjacent to an activating group) is 1. The Kier molecular flexibility index (Phi) is 5.77. The number of halogens is 1. The second-order valence-corrected chi connectivity index (χ2v) is 8.87. The van der Waals surface area contributed by atoms with E-state index >= 15 is 0 Å². The van der Waals surface area contributed by atoms with Crippen LogP contribution in [0.15, 0.2) is 73.1 Å². The van der Waals surface area contributed by atoms with E-state index in [2.05, 4.69) is 4.98 Å². The molecule has 0 spiro atoms. The number of hydrogen-bond acceptors (Lipinski definition) is 4. The molecule has 0 bridgehead atoms. The molecule has 0 N–H and O–H groups in total. The third-order valence-corrected chi connectivity index (χ3v) is 6.81. The number of carbonyl (C=O) groups is 2. The lowest BCUT2D eigenvalue weighted by Gasteiger charge is -2.35. The summed E-state index contributed by atoms with van der Waals surface area (Å²) in [6, 6.07) is 17.3. The van der Waals surface area contributed by atoms with E-state index in [-0.39, 0.29) is 36.7 Å². The maximum Gasteiger partial charge on any atom is 0.242 e. The zero-order valence-corrected chi connectivity index (χ0v) is 19.0. The number of fused-ring (bicyclic) bond motifs is 3. The van der Waals surface area contributed by atoms with Crippen molar-refractivity contribution >= 4 is 17.5 Å². The number of benzene rings is 2. The van der Waals surface area contributed by atoms with Crippen LogP contribution in [0, 0.1) is 11.2 Å². The van der Waals surface area contributed by atoms with Gasteiger partial charge in [0.25, 0.3) is 0 Å². The Labute approximate surface area is 198 Å². The molecule has 6 nitrogen and oxygen atoms in total. The topological polar surface area (TPSA) is 62.7 Å². The molecule has 1 aromatic heterocycles. The Morgan fingerprint density at radius 2 is 1.88 bits per heavy atom. The lowest BCUT2D eigenvalue weighted by atomic mass is 9.92. The summed E-state index contributed by atoms with van der Waals surface area (Å²) in [6.45, 7) is 3.09. The number of nitrogens with zero attached hydrogens (tertiary/aromatic N) is 3. The Balaban J connectivity index is 1.36. The first kappa shape index (κ1) is 22.1. The van der Waals surface area contributed by atoms with Gasteiger partial charge < -0.3 is 14.5 Å². The van der Waals surface area contributed by atoms with Crippen LogP contribution in [0.25, 0.3) is 0 Å². The molecule has 7 heteroatoms. The Hall–Kier alpha value is -3.74. The monoisotopic (exact) mass is 459 g/mol. The lowest BCUT2D eigenvalue weighted by molar-refractivity contribution is -0.133. The summed E-state index contributed by atoms with van der Waals surface area (Å²) in [5.41, 5.74) is 2.14. The summed E-state index contributed by atoms with van der Waals surface area (Å²) >= 11 is 0. The number of para-hydroxylation sites is 1. The predicted octanol–water partition coefficient (Wildman–Crippen LogP) is 4.17. The van der Waals surface area contributed by atoms with Gasteiger partial charge in [-0.05, 0) is 66.9 Å². The fraction of sp³-hybridized carbons (Fsp3) is 0.296. The van der Waals surface area contributed by atoms with Gasteiger partial charge in [-0.2, -0.15) is 0 Å². The quantitative estimate of drug-likeness (QED) is 0.507. The van der Waals surface area contributed by atoms with E-state index < -0.39 is 5.41 Å². The highest BCUT2D eigenvalue weighted by molar-refractivity contribution is 6.07. The normalized spacial score (nSPS) is 20.4. The van der Waals surface area contributed by atoms with Gasteiger partial charge in [0, 0.05) is 37.1 Å². The van der Waals surface area contributed by atoms with Crippen molar-refractivity contribution in [2.45, 2.75) is 25.8 Å². The SMILES string of the molecule is CCN(Cc1ccncc1)C(=O)CN1C(=O)[C@@]2(COc3ccc(F)cc3)C[C@H]2c2ccccc21. The third-order valence-electron chi connectivity index (χ3n) is 6.81. The Morgan fingerprint density at radius 3 is 2.62 bits per heavy atom. The molecule has 34 heavy (non-hydrogen) atoms. The molecule has 1 saturated carbocycles. The van der Waals surface area contributed by atoms with E-state index in [0.29, 0.717) is 25.3 Å². The van der Waals surface area contributed by atoms with E-state index in [1.807, 2.05) is 43.3 Å². The molecule has 1 aliphatic carbocycles. The highest BCUT2D eigenvalue weighted by Crippen LogP contribution is 2.65. The van der Waals surface area contributed by atoms with E-state index in [1.165, 1.54) is 12.1 Å².